The standard InChI is InChI=1S/C31H37Cl2N3O5S/c1-5-7-18-34-31(38)29(6-2)35(20-23-10-17-27(32)28(33)19-23)30(37)21-36(24-11-13-25(41-4)14-12-24)42(39,40)26-15-8-22(3)9-16-26/h8-17,19,29H,5-7,18,20-21H2,1-4H3,(H,34,38)/t29-/m1/s1. The molecule has 0 saturated carbocycles. The van der Waals surface area contributed by atoms with Gasteiger partial charge in [0.15, 0.2) is 0 Å². The molecule has 0 heterocycles. The summed E-state index contributed by atoms with van der Waals surface area (Å²) in [4.78, 5) is 28.9. The SMILES string of the molecule is CCCCNC(=O)[C@@H](CC)N(Cc1ccc(Cl)c(Cl)c1)C(=O)CN(c1ccc(OC)cc1)S(=O)(=O)c1ccc(C)cc1. The van der Waals surface area contributed by atoms with E-state index in [4.69, 9.17) is 27.9 Å². The highest BCUT2D eigenvalue weighted by molar-refractivity contribution is 7.92. The Hall–Kier alpha value is -3.27. The maximum absolute atomic E-state index is 14.1. The van der Waals surface area contributed by atoms with Crippen molar-refractivity contribution in [3.05, 3.63) is 87.9 Å². The van der Waals surface area contributed by atoms with Crippen LogP contribution in [0.15, 0.2) is 71.6 Å². The largest absolute Gasteiger partial charge is 0.497 e. The molecule has 0 saturated heterocycles. The van der Waals surface area contributed by atoms with Crippen molar-refractivity contribution >= 4 is 50.7 Å². The monoisotopic (exact) mass is 633 g/mol. The number of hydrogen-bond donors (Lipinski definition) is 1. The number of hydrogen-bond acceptors (Lipinski definition) is 5. The van der Waals surface area contributed by atoms with E-state index >= 15 is 0 Å². The second-order valence-electron chi connectivity index (χ2n) is 9.86. The van der Waals surface area contributed by atoms with E-state index in [1.54, 1.807) is 54.6 Å². The molecule has 0 radical (unpaired) electrons. The van der Waals surface area contributed by atoms with Gasteiger partial charge in [-0.1, -0.05) is 67.2 Å². The zero-order valence-electron chi connectivity index (χ0n) is 24.3. The lowest BCUT2D eigenvalue weighted by Crippen LogP contribution is -2.52. The van der Waals surface area contributed by atoms with E-state index in [1.807, 2.05) is 20.8 Å². The van der Waals surface area contributed by atoms with E-state index in [9.17, 15) is 18.0 Å². The lowest BCUT2D eigenvalue weighted by molar-refractivity contribution is -0.140. The number of amides is 2. The fraction of sp³-hybridized carbons (Fsp3) is 0.355. The van der Waals surface area contributed by atoms with Crippen molar-refractivity contribution in [3.8, 4) is 5.75 Å². The van der Waals surface area contributed by atoms with Crippen LogP contribution in [0.2, 0.25) is 10.0 Å². The molecule has 1 atom stereocenters. The van der Waals surface area contributed by atoms with Crippen molar-refractivity contribution in [2.45, 2.75) is 57.5 Å². The number of unbranched alkanes of at least 4 members (excludes halogenated alkanes) is 1. The summed E-state index contributed by atoms with van der Waals surface area (Å²) < 4.78 is 34.2. The lowest BCUT2D eigenvalue weighted by atomic mass is 10.1. The van der Waals surface area contributed by atoms with Gasteiger partial charge < -0.3 is 15.0 Å². The van der Waals surface area contributed by atoms with Crippen molar-refractivity contribution in [2.24, 2.45) is 0 Å². The molecule has 3 rings (SSSR count). The van der Waals surface area contributed by atoms with Gasteiger partial charge in [-0.05, 0) is 73.9 Å². The number of ether oxygens (including phenoxy) is 1. The van der Waals surface area contributed by atoms with E-state index < -0.39 is 28.5 Å². The van der Waals surface area contributed by atoms with Gasteiger partial charge in [0.1, 0.15) is 18.3 Å². The summed E-state index contributed by atoms with van der Waals surface area (Å²) in [7, 11) is -2.66. The zero-order valence-corrected chi connectivity index (χ0v) is 26.6. The molecule has 0 fully saturated rings. The summed E-state index contributed by atoms with van der Waals surface area (Å²) in [6.07, 6.45) is 2.01. The first-order valence-corrected chi connectivity index (χ1v) is 16.0. The van der Waals surface area contributed by atoms with Gasteiger partial charge in [0.2, 0.25) is 11.8 Å². The van der Waals surface area contributed by atoms with Crippen LogP contribution in [-0.4, -0.2) is 51.4 Å². The predicted octanol–water partition coefficient (Wildman–Crippen LogP) is 6.23. The van der Waals surface area contributed by atoms with Gasteiger partial charge in [-0.25, -0.2) is 8.42 Å². The van der Waals surface area contributed by atoms with Crippen molar-refractivity contribution in [1.82, 2.24) is 10.2 Å². The summed E-state index contributed by atoms with van der Waals surface area (Å²) in [5, 5.41) is 3.58. The first-order valence-electron chi connectivity index (χ1n) is 13.8. The Morgan fingerprint density at radius 1 is 0.952 bits per heavy atom. The number of carbonyl (C=O) groups excluding carboxylic acids is 2. The van der Waals surface area contributed by atoms with Crippen LogP contribution in [-0.2, 0) is 26.2 Å². The van der Waals surface area contributed by atoms with Gasteiger partial charge in [0, 0.05) is 13.1 Å². The minimum absolute atomic E-state index is 0.0243. The van der Waals surface area contributed by atoms with Gasteiger partial charge in [-0.15, -0.1) is 0 Å². The van der Waals surface area contributed by atoms with Gasteiger partial charge in [-0.2, -0.15) is 0 Å². The van der Waals surface area contributed by atoms with Crippen molar-refractivity contribution in [2.75, 3.05) is 24.5 Å². The number of halogens is 2. The zero-order chi connectivity index (χ0) is 30.9. The molecule has 8 nitrogen and oxygen atoms in total. The van der Waals surface area contributed by atoms with E-state index in [1.165, 1.54) is 24.1 Å². The summed E-state index contributed by atoms with van der Waals surface area (Å²) in [5.41, 5.74) is 1.82. The molecule has 0 aliphatic rings. The molecule has 0 aromatic heterocycles. The molecule has 0 bridgehead atoms. The van der Waals surface area contributed by atoms with Gasteiger partial charge >= 0.3 is 0 Å². The van der Waals surface area contributed by atoms with E-state index in [0.29, 0.717) is 34.3 Å². The predicted molar refractivity (Wildman–Crippen MR) is 168 cm³/mol. The molecule has 0 aliphatic carbocycles. The maximum atomic E-state index is 14.1. The Kier molecular flexibility index (Phi) is 12.1. The fourth-order valence-electron chi connectivity index (χ4n) is 4.38. The van der Waals surface area contributed by atoms with E-state index in [-0.39, 0.29) is 23.0 Å². The average Bonchev–Trinajstić information content (AvgIpc) is 2.98. The highest BCUT2D eigenvalue weighted by Gasteiger charge is 2.33. The molecule has 0 spiro atoms. The molecule has 1 N–H and O–H groups in total. The number of sulfonamides is 1. The number of aryl methyl sites for hydroxylation is 1. The molecular formula is C31H37Cl2N3O5S. The number of anilines is 1. The third-order valence-corrected chi connectivity index (χ3v) is 9.33. The van der Waals surface area contributed by atoms with Gasteiger partial charge in [-0.3, -0.25) is 13.9 Å². The number of nitrogens with one attached hydrogen (secondary N) is 1. The topological polar surface area (TPSA) is 96.0 Å². The van der Waals surface area contributed by atoms with Crippen LogP contribution in [0.4, 0.5) is 5.69 Å². The average molecular weight is 635 g/mol. The summed E-state index contributed by atoms with van der Waals surface area (Å²) >= 11 is 12.4. The lowest BCUT2D eigenvalue weighted by Gasteiger charge is -2.33. The van der Waals surface area contributed by atoms with Crippen LogP contribution < -0.4 is 14.4 Å². The van der Waals surface area contributed by atoms with E-state index in [0.717, 1.165) is 22.7 Å². The summed E-state index contributed by atoms with van der Waals surface area (Å²) in [6, 6.07) is 17.0. The van der Waals surface area contributed by atoms with Gasteiger partial charge in [0.05, 0.1) is 27.7 Å². The minimum Gasteiger partial charge on any atom is -0.497 e. The van der Waals surface area contributed by atoms with Gasteiger partial charge in [0.25, 0.3) is 10.0 Å². The Morgan fingerprint density at radius 2 is 1.62 bits per heavy atom. The first-order chi connectivity index (χ1) is 20.0. The van der Waals surface area contributed by atoms with Crippen LogP contribution >= 0.6 is 23.2 Å². The summed E-state index contributed by atoms with van der Waals surface area (Å²) in [6.45, 7) is 5.65. The molecule has 0 aliphatic heterocycles. The second kappa shape index (κ2) is 15.3. The molecule has 3 aromatic carbocycles. The Labute approximate surface area is 258 Å². The molecule has 11 heteroatoms. The molecule has 0 unspecified atom stereocenters. The number of nitrogens with zero attached hydrogens (tertiary/aromatic N) is 2. The smallest absolute Gasteiger partial charge is 0.264 e. The van der Waals surface area contributed by atoms with Crippen LogP contribution in [0, 0.1) is 6.92 Å². The normalized spacial score (nSPS) is 12.0. The highest BCUT2D eigenvalue weighted by Crippen LogP contribution is 2.28. The Morgan fingerprint density at radius 3 is 2.19 bits per heavy atom. The number of benzene rings is 3. The quantitative estimate of drug-likeness (QED) is 0.212. The molecule has 3 aromatic rings. The fourth-order valence-corrected chi connectivity index (χ4v) is 6.11. The number of carbonyl (C=O) groups is 2. The maximum Gasteiger partial charge on any atom is 0.264 e. The minimum atomic E-state index is -4.17. The third-order valence-electron chi connectivity index (χ3n) is 6.80. The molecule has 226 valence electrons. The van der Waals surface area contributed by atoms with Crippen LogP contribution in [0.1, 0.15) is 44.2 Å². The van der Waals surface area contributed by atoms with Crippen molar-refractivity contribution in [1.29, 1.82) is 0 Å². The van der Waals surface area contributed by atoms with E-state index in [2.05, 4.69) is 5.32 Å². The highest BCUT2D eigenvalue weighted by atomic mass is 35.5. The van der Waals surface area contributed by atoms with Crippen LogP contribution in [0.3, 0.4) is 0 Å². The Balaban J connectivity index is 2.05. The summed E-state index contributed by atoms with van der Waals surface area (Å²) in [5.74, 6) is -0.324. The van der Waals surface area contributed by atoms with Crippen LogP contribution in [0.5, 0.6) is 5.75 Å². The number of rotatable bonds is 14. The molecular weight excluding hydrogens is 597 g/mol. The number of methoxy groups -OCH3 is 1. The molecule has 42 heavy (non-hydrogen) atoms. The first kappa shape index (κ1) is 33.2. The van der Waals surface area contributed by atoms with Crippen molar-refractivity contribution < 1.29 is 22.7 Å². The Bertz CT molecular complexity index is 1460. The second-order valence-corrected chi connectivity index (χ2v) is 12.5. The van der Waals surface area contributed by atoms with Crippen molar-refractivity contribution in [3.63, 3.8) is 0 Å². The third kappa shape index (κ3) is 8.40. The molecule has 2 amide bonds. The van der Waals surface area contributed by atoms with Crippen LogP contribution in [0.25, 0.3) is 0 Å².